The molecule has 0 heterocycles. The lowest BCUT2D eigenvalue weighted by molar-refractivity contribution is -0.155. The Balaban J connectivity index is 2.10. The largest absolute Gasteiger partial charge is 0.480 e. The van der Waals surface area contributed by atoms with Crippen LogP contribution in [-0.4, -0.2) is 52.5 Å². The minimum atomic E-state index is -1.24. The van der Waals surface area contributed by atoms with Gasteiger partial charge in [-0.2, -0.15) is 0 Å². The number of nitrogens with zero attached hydrogens (tertiary/aromatic N) is 1. The molecule has 7 N–H and O–H groups in total. The molecule has 1 fully saturated rings. The first-order chi connectivity index (χ1) is 16.2. The van der Waals surface area contributed by atoms with Gasteiger partial charge in [-0.3, -0.25) is 20.0 Å². The summed E-state index contributed by atoms with van der Waals surface area (Å²) in [6, 6.07) is 3.65. The SMILES string of the molecule is N=C(N)NCCC[C@@H](C(=O)O)N(NCc1cc(Cl)cc(Cl)c1)C(=O)CC(=O)NC1CCCCC1. The molecule has 10 nitrogen and oxygen atoms in total. The number of benzene rings is 1. The maximum Gasteiger partial charge on any atom is 0.328 e. The second kappa shape index (κ2) is 14.0. The van der Waals surface area contributed by atoms with Gasteiger partial charge in [-0.15, -0.1) is 0 Å². The number of aliphatic carboxylic acids is 1. The van der Waals surface area contributed by atoms with E-state index >= 15 is 0 Å². The summed E-state index contributed by atoms with van der Waals surface area (Å²) in [5.41, 5.74) is 8.75. The summed E-state index contributed by atoms with van der Waals surface area (Å²) in [5, 5.41) is 24.3. The van der Waals surface area contributed by atoms with Crippen LogP contribution < -0.4 is 21.8 Å². The van der Waals surface area contributed by atoms with Crippen LogP contribution in [0.1, 0.15) is 56.9 Å². The third-order valence-electron chi connectivity index (χ3n) is 5.49. The van der Waals surface area contributed by atoms with E-state index in [4.69, 9.17) is 34.3 Å². The molecule has 1 atom stereocenters. The van der Waals surface area contributed by atoms with Gasteiger partial charge in [0, 0.05) is 29.2 Å². The monoisotopic (exact) mass is 514 g/mol. The Labute approximate surface area is 209 Å². The van der Waals surface area contributed by atoms with Crippen molar-refractivity contribution in [3.8, 4) is 0 Å². The number of amides is 2. The van der Waals surface area contributed by atoms with Gasteiger partial charge in [0.1, 0.15) is 12.5 Å². The number of rotatable bonds is 12. The molecule has 1 aliphatic rings. The highest BCUT2D eigenvalue weighted by Gasteiger charge is 2.31. The Morgan fingerprint density at radius 2 is 1.79 bits per heavy atom. The van der Waals surface area contributed by atoms with Crippen LogP contribution in [0.5, 0.6) is 0 Å². The predicted octanol–water partition coefficient (Wildman–Crippen LogP) is 2.38. The average molecular weight is 515 g/mol. The van der Waals surface area contributed by atoms with E-state index in [2.05, 4.69) is 16.1 Å². The highest BCUT2D eigenvalue weighted by atomic mass is 35.5. The molecule has 2 amide bonds. The number of carbonyl (C=O) groups excluding carboxylic acids is 2. The second-order valence-corrected chi connectivity index (χ2v) is 9.17. The molecule has 1 aromatic rings. The van der Waals surface area contributed by atoms with E-state index in [0.717, 1.165) is 37.1 Å². The Morgan fingerprint density at radius 1 is 1.15 bits per heavy atom. The third-order valence-corrected chi connectivity index (χ3v) is 5.93. The van der Waals surface area contributed by atoms with Gasteiger partial charge in [-0.25, -0.2) is 10.2 Å². The quantitative estimate of drug-likeness (QED) is 0.0819. The highest BCUT2D eigenvalue weighted by Crippen LogP contribution is 2.20. The molecule has 0 saturated heterocycles. The van der Waals surface area contributed by atoms with Crippen LogP contribution in [0.25, 0.3) is 0 Å². The molecule has 34 heavy (non-hydrogen) atoms. The number of carbonyl (C=O) groups is 3. The number of carboxylic acids is 1. The van der Waals surface area contributed by atoms with Gasteiger partial charge in [0.2, 0.25) is 11.8 Å². The molecule has 188 valence electrons. The van der Waals surface area contributed by atoms with Gasteiger partial charge >= 0.3 is 5.97 Å². The van der Waals surface area contributed by atoms with Gasteiger partial charge in [-0.05, 0) is 49.4 Å². The van der Waals surface area contributed by atoms with E-state index in [9.17, 15) is 19.5 Å². The molecule has 2 rings (SSSR count). The van der Waals surface area contributed by atoms with Crippen LogP contribution in [0.4, 0.5) is 0 Å². The lowest BCUT2D eigenvalue weighted by Crippen LogP contribution is -2.54. The zero-order valence-corrected chi connectivity index (χ0v) is 20.4. The van der Waals surface area contributed by atoms with E-state index in [0.29, 0.717) is 22.0 Å². The minimum Gasteiger partial charge on any atom is -0.480 e. The van der Waals surface area contributed by atoms with Crippen molar-refractivity contribution < 1.29 is 19.5 Å². The lowest BCUT2D eigenvalue weighted by Gasteiger charge is -2.30. The molecule has 0 unspecified atom stereocenters. The highest BCUT2D eigenvalue weighted by molar-refractivity contribution is 6.34. The average Bonchev–Trinajstić information content (AvgIpc) is 2.74. The van der Waals surface area contributed by atoms with Crippen molar-refractivity contribution in [1.82, 2.24) is 21.1 Å². The Bertz CT molecular complexity index is 859. The molecular weight excluding hydrogens is 483 g/mol. The predicted molar refractivity (Wildman–Crippen MR) is 130 cm³/mol. The molecular formula is C22H32Cl2N6O4. The lowest BCUT2D eigenvalue weighted by atomic mass is 9.95. The van der Waals surface area contributed by atoms with Gasteiger partial charge in [0.25, 0.3) is 0 Å². The Morgan fingerprint density at radius 3 is 2.38 bits per heavy atom. The molecule has 1 aliphatic carbocycles. The number of halogens is 2. The normalized spacial score (nSPS) is 14.8. The first kappa shape index (κ1) is 27.7. The van der Waals surface area contributed by atoms with Crippen molar-refractivity contribution in [1.29, 1.82) is 5.41 Å². The summed E-state index contributed by atoms with van der Waals surface area (Å²) in [6.07, 6.45) is 4.88. The van der Waals surface area contributed by atoms with E-state index in [1.54, 1.807) is 18.2 Å². The molecule has 12 heteroatoms. The van der Waals surface area contributed by atoms with E-state index in [1.807, 2.05) is 0 Å². The number of hydrogen-bond acceptors (Lipinski definition) is 5. The first-order valence-electron chi connectivity index (χ1n) is 11.3. The number of nitrogens with one attached hydrogen (secondary N) is 4. The fourth-order valence-corrected chi connectivity index (χ4v) is 4.46. The fraction of sp³-hybridized carbons (Fsp3) is 0.545. The van der Waals surface area contributed by atoms with Gasteiger partial charge < -0.3 is 21.5 Å². The van der Waals surface area contributed by atoms with Crippen LogP contribution >= 0.6 is 23.2 Å². The summed E-state index contributed by atoms with van der Waals surface area (Å²) < 4.78 is 0. The summed E-state index contributed by atoms with van der Waals surface area (Å²) in [4.78, 5) is 37.6. The summed E-state index contributed by atoms with van der Waals surface area (Å²) in [5.74, 6) is -2.54. The van der Waals surface area contributed by atoms with Crippen molar-refractivity contribution in [2.45, 2.75) is 70.0 Å². The number of hydrazine groups is 1. The molecule has 0 aromatic heterocycles. The first-order valence-corrected chi connectivity index (χ1v) is 12.0. The van der Waals surface area contributed by atoms with Crippen molar-refractivity contribution in [2.24, 2.45) is 5.73 Å². The number of carboxylic acid groups (broad SMARTS) is 1. The molecule has 1 aromatic carbocycles. The van der Waals surface area contributed by atoms with Crippen molar-refractivity contribution in [3.05, 3.63) is 33.8 Å². The van der Waals surface area contributed by atoms with Gasteiger partial charge in [0.05, 0.1) is 0 Å². The van der Waals surface area contributed by atoms with Gasteiger partial charge in [-0.1, -0.05) is 42.5 Å². The van der Waals surface area contributed by atoms with Crippen LogP contribution in [0.2, 0.25) is 10.0 Å². The van der Waals surface area contributed by atoms with Crippen molar-refractivity contribution >= 4 is 46.9 Å². The standard InChI is InChI=1S/C22H32Cl2N6O4/c23-15-9-14(10-16(24)11-15)13-28-30(18(21(33)34)7-4-8-27-22(25)26)20(32)12-19(31)29-17-5-2-1-3-6-17/h9-11,17-18,28H,1-8,12-13H2,(H,29,31)(H,33,34)(H4,25,26,27)/t18-/m0/s1. The maximum absolute atomic E-state index is 13.1. The third kappa shape index (κ3) is 9.74. The van der Waals surface area contributed by atoms with Crippen molar-refractivity contribution in [3.63, 3.8) is 0 Å². The number of guanidine groups is 1. The van der Waals surface area contributed by atoms with Crippen LogP contribution in [-0.2, 0) is 20.9 Å². The second-order valence-electron chi connectivity index (χ2n) is 8.29. The molecule has 0 bridgehead atoms. The van der Waals surface area contributed by atoms with E-state index < -0.39 is 30.2 Å². The minimum absolute atomic E-state index is 0.0389. The van der Waals surface area contributed by atoms with Gasteiger partial charge in [0.15, 0.2) is 5.96 Å². The Kier molecular flexibility index (Phi) is 11.4. The topological polar surface area (TPSA) is 161 Å². The van der Waals surface area contributed by atoms with Crippen LogP contribution in [0.3, 0.4) is 0 Å². The number of nitrogens with two attached hydrogens (primary N) is 1. The smallest absolute Gasteiger partial charge is 0.328 e. The summed E-state index contributed by atoms with van der Waals surface area (Å²) in [7, 11) is 0. The molecule has 0 radical (unpaired) electrons. The zero-order valence-electron chi connectivity index (χ0n) is 18.9. The molecule has 1 saturated carbocycles. The summed E-state index contributed by atoms with van der Waals surface area (Å²) >= 11 is 12.1. The van der Waals surface area contributed by atoms with Crippen molar-refractivity contribution in [2.75, 3.05) is 6.54 Å². The fourth-order valence-electron chi connectivity index (χ4n) is 3.89. The van der Waals surface area contributed by atoms with E-state index in [-0.39, 0.29) is 31.5 Å². The van der Waals surface area contributed by atoms with Crippen LogP contribution in [0.15, 0.2) is 18.2 Å². The number of hydrogen-bond donors (Lipinski definition) is 6. The molecule has 0 aliphatic heterocycles. The maximum atomic E-state index is 13.1. The summed E-state index contributed by atoms with van der Waals surface area (Å²) in [6.45, 7) is 0.346. The zero-order chi connectivity index (χ0) is 25.1. The molecule has 0 spiro atoms. The van der Waals surface area contributed by atoms with E-state index in [1.165, 1.54) is 0 Å². The van der Waals surface area contributed by atoms with Crippen LogP contribution in [0, 0.1) is 5.41 Å². The Hall–Kier alpha value is -2.56.